The van der Waals surface area contributed by atoms with E-state index in [4.69, 9.17) is 0 Å². The lowest BCUT2D eigenvalue weighted by Crippen LogP contribution is -2.59. The lowest BCUT2D eigenvalue weighted by molar-refractivity contribution is -0.0166. The molecule has 2 heterocycles. The van der Waals surface area contributed by atoms with E-state index in [0.717, 1.165) is 17.8 Å². The maximum atomic E-state index is 12.8. The first-order valence-corrected chi connectivity index (χ1v) is 8.32. The fourth-order valence-electron chi connectivity index (χ4n) is 5.56. The molecule has 114 valence electrons. The third-order valence-corrected chi connectivity index (χ3v) is 5.94. The highest BCUT2D eigenvalue weighted by molar-refractivity contribution is 6.00. The number of rotatable bonds is 2. The molecule has 4 saturated carbocycles. The molecule has 2 aromatic heterocycles. The summed E-state index contributed by atoms with van der Waals surface area (Å²) in [4.78, 5) is 17.1. The molecule has 6 rings (SSSR count). The minimum Gasteiger partial charge on any atom is -0.346 e. The van der Waals surface area contributed by atoms with Crippen molar-refractivity contribution in [3.63, 3.8) is 0 Å². The number of carbonyl (C=O) groups excluding carboxylic acids is 1. The normalized spacial score (nSPS) is 35.9. The van der Waals surface area contributed by atoms with Crippen LogP contribution in [0.5, 0.6) is 0 Å². The Kier molecular flexibility index (Phi) is 2.47. The van der Waals surface area contributed by atoms with Crippen LogP contribution in [-0.2, 0) is 0 Å². The fourth-order valence-corrected chi connectivity index (χ4v) is 5.56. The van der Waals surface area contributed by atoms with Crippen LogP contribution in [0.2, 0.25) is 0 Å². The van der Waals surface area contributed by atoms with Gasteiger partial charge < -0.3 is 5.32 Å². The summed E-state index contributed by atoms with van der Waals surface area (Å²) in [7, 11) is 0. The van der Waals surface area contributed by atoms with Crippen molar-refractivity contribution in [3.8, 4) is 0 Å². The Morgan fingerprint density at radius 1 is 1.18 bits per heavy atom. The third kappa shape index (κ3) is 1.81. The molecular formula is C17H20N4O. The standard InChI is InChI=1S/C17H20N4O/c22-16(14-10-19-21-3-1-2-18-15(14)21)20-17-7-11-4-12(8-17)6-13(5-11)9-17/h1-3,10-13H,4-9H2,(H,20,22). The second-order valence-electron chi connectivity index (χ2n) is 7.60. The van der Waals surface area contributed by atoms with E-state index in [1.165, 1.54) is 38.5 Å². The zero-order chi connectivity index (χ0) is 14.7. The lowest BCUT2D eigenvalue weighted by Gasteiger charge is -2.56. The minimum absolute atomic E-state index is 0.00403. The van der Waals surface area contributed by atoms with Crippen LogP contribution in [0.25, 0.3) is 5.65 Å². The molecule has 1 N–H and O–H groups in total. The molecule has 4 aliphatic rings. The Morgan fingerprint density at radius 2 is 1.86 bits per heavy atom. The van der Waals surface area contributed by atoms with Crippen LogP contribution in [0.3, 0.4) is 0 Å². The average Bonchev–Trinajstić information content (AvgIpc) is 2.89. The summed E-state index contributed by atoms with van der Waals surface area (Å²) in [5.41, 5.74) is 1.27. The zero-order valence-corrected chi connectivity index (χ0v) is 12.5. The van der Waals surface area contributed by atoms with Crippen molar-refractivity contribution in [3.05, 3.63) is 30.2 Å². The third-order valence-electron chi connectivity index (χ3n) is 5.94. The maximum absolute atomic E-state index is 12.8. The molecule has 0 radical (unpaired) electrons. The number of amides is 1. The van der Waals surface area contributed by atoms with Crippen LogP contribution in [0, 0.1) is 17.8 Å². The highest BCUT2D eigenvalue weighted by atomic mass is 16.1. The van der Waals surface area contributed by atoms with Gasteiger partial charge in [0.1, 0.15) is 5.56 Å². The van der Waals surface area contributed by atoms with Crippen molar-refractivity contribution in [2.45, 2.75) is 44.1 Å². The summed E-state index contributed by atoms with van der Waals surface area (Å²) in [5.74, 6) is 2.48. The molecule has 0 spiro atoms. The van der Waals surface area contributed by atoms with E-state index < -0.39 is 0 Å². The molecule has 0 aliphatic heterocycles. The number of nitrogens with one attached hydrogen (secondary N) is 1. The van der Waals surface area contributed by atoms with E-state index >= 15 is 0 Å². The molecule has 1 amide bonds. The smallest absolute Gasteiger partial charge is 0.257 e. The van der Waals surface area contributed by atoms with Crippen molar-refractivity contribution < 1.29 is 4.79 Å². The molecule has 0 atom stereocenters. The van der Waals surface area contributed by atoms with Gasteiger partial charge in [0.05, 0.1) is 6.20 Å². The number of carbonyl (C=O) groups is 1. The van der Waals surface area contributed by atoms with E-state index in [1.54, 1.807) is 16.9 Å². The first-order valence-electron chi connectivity index (χ1n) is 8.32. The summed E-state index contributed by atoms with van der Waals surface area (Å²) in [6.45, 7) is 0. The average molecular weight is 296 g/mol. The fraction of sp³-hybridized carbons (Fsp3) is 0.588. The summed E-state index contributed by atoms with van der Waals surface area (Å²) in [5, 5.41) is 7.61. The summed E-state index contributed by atoms with van der Waals surface area (Å²) in [6, 6.07) is 1.82. The largest absolute Gasteiger partial charge is 0.346 e. The Bertz CT molecular complexity index is 715. The first-order chi connectivity index (χ1) is 10.7. The number of fused-ring (bicyclic) bond motifs is 1. The molecule has 5 nitrogen and oxygen atoms in total. The van der Waals surface area contributed by atoms with Gasteiger partial charge in [-0.3, -0.25) is 4.79 Å². The van der Waals surface area contributed by atoms with Crippen molar-refractivity contribution in [2.24, 2.45) is 17.8 Å². The van der Waals surface area contributed by atoms with Crippen molar-refractivity contribution >= 4 is 11.6 Å². The Morgan fingerprint density at radius 3 is 2.55 bits per heavy atom. The molecule has 0 aromatic carbocycles. The molecular weight excluding hydrogens is 276 g/mol. The number of aromatic nitrogens is 3. The molecule has 0 saturated heterocycles. The first kappa shape index (κ1) is 12.6. The van der Waals surface area contributed by atoms with Gasteiger partial charge >= 0.3 is 0 Å². The van der Waals surface area contributed by atoms with Gasteiger partial charge in [-0.2, -0.15) is 5.10 Å². The second-order valence-corrected chi connectivity index (χ2v) is 7.60. The van der Waals surface area contributed by atoms with Crippen LogP contribution < -0.4 is 5.32 Å². The maximum Gasteiger partial charge on any atom is 0.257 e. The quantitative estimate of drug-likeness (QED) is 0.926. The van der Waals surface area contributed by atoms with E-state index in [2.05, 4.69) is 15.4 Å². The van der Waals surface area contributed by atoms with E-state index in [1.807, 2.05) is 12.3 Å². The van der Waals surface area contributed by atoms with Gasteiger partial charge in [0.2, 0.25) is 0 Å². The topological polar surface area (TPSA) is 59.3 Å². The van der Waals surface area contributed by atoms with Crippen molar-refractivity contribution in [1.29, 1.82) is 0 Å². The van der Waals surface area contributed by atoms with Crippen molar-refractivity contribution in [1.82, 2.24) is 19.9 Å². The van der Waals surface area contributed by atoms with Gasteiger partial charge in [-0.15, -0.1) is 0 Å². The van der Waals surface area contributed by atoms with Crippen molar-refractivity contribution in [2.75, 3.05) is 0 Å². The minimum atomic E-state index is -0.00403. The SMILES string of the molecule is O=C(NC12CC3CC(CC(C3)C1)C2)c1cnn2cccnc12. The van der Waals surface area contributed by atoms with Crippen LogP contribution in [0.4, 0.5) is 0 Å². The highest BCUT2D eigenvalue weighted by Crippen LogP contribution is 2.55. The van der Waals surface area contributed by atoms with E-state index in [0.29, 0.717) is 11.2 Å². The molecule has 4 bridgehead atoms. The molecule has 22 heavy (non-hydrogen) atoms. The summed E-state index contributed by atoms with van der Waals surface area (Å²) in [6.07, 6.45) is 12.8. The van der Waals surface area contributed by atoms with Gasteiger partial charge in [-0.05, 0) is 62.3 Å². The molecule has 0 unspecified atom stereocenters. The zero-order valence-electron chi connectivity index (χ0n) is 12.5. The second kappa shape index (κ2) is 4.31. The summed E-state index contributed by atoms with van der Waals surface area (Å²) < 4.78 is 1.66. The Balaban J connectivity index is 1.45. The predicted octanol–water partition coefficient (Wildman–Crippen LogP) is 2.43. The predicted molar refractivity (Wildman–Crippen MR) is 81.4 cm³/mol. The highest BCUT2D eigenvalue weighted by Gasteiger charge is 2.51. The van der Waals surface area contributed by atoms with Crippen LogP contribution >= 0.6 is 0 Å². The van der Waals surface area contributed by atoms with Gasteiger partial charge in [0.15, 0.2) is 5.65 Å². The molecule has 4 aliphatic carbocycles. The number of hydrogen-bond acceptors (Lipinski definition) is 3. The van der Waals surface area contributed by atoms with Gasteiger partial charge in [-0.1, -0.05) is 0 Å². The Hall–Kier alpha value is -1.91. The molecule has 2 aromatic rings. The number of nitrogens with zero attached hydrogens (tertiary/aromatic N) is 3. The van der Waals surface area contributed by atoms with E-state index in [-0.39, 0.29) is 11.4 Å². The van der Waals surface area contributed by atoms with Crippen LogP contribution in [0.1, 0.15) is 48.9 Å². The molecule has 4 fully saturated rings. The van der Waals surface area contributed by atoms with E-state index in [9.17, 15) is 4.79 Å². The van der Waals surface area contributed by atoms with Gasteiger partial charge in [0, 0.05) is 17.9 Å². The van der Waals surface area contributed by atoms with Crippen LogP contribution in [0.15, 0.2) is 24.7 Å². The Labute approximate surface area is 129 Å². The molecule has 5 heteroatoms. The van der Waals surface area contributed by atoms with Gasteiger partial charge in [-0.25, -0.2) is 9.50 Å². The number of hydrogen-bond donors (Lipinski definition) is 1. The monoisotopic (exact) mass is 296 g/mol. The summed E-state index contributed by atoms with van der Waals surface area (Å²) >= 11 is 0. The van der Waals surface area contributed by atoms with Gasteiger partial charge in [0.25, 0.3) is 5.91 Å². The lowest BCUT2D eigenvalue weighted by atomic mass is 9.53. The van der Waals surface area contributed by atoms with Crippen LogP contribution in [-0.4, -0.2) is 26.0 Å².